The van der Waals surface area contributed by atoms with Gasteiger partial charge in [0.25, 0.3) is 0 Å². The van der Waals surface area contributed by atoms with Crippen LogP contribution in [0.2, 0.25) is 0 Å². The van der Waals surface area contributed by atoms with Crippen LogP contribution in [0.3, 0.4) is 0 Å². The van der Waals surface area contributed by atoms with Gasteiger partial charge in [-0.2, -0.15) is 0 Å². The van der Waals surface area contributed by atoms with Gasteiger partial charge in [0.1, 0.15) is 0 Å². The number of aromatic nitrogens is 2. The smallest absolute Gasteiger partial charge is 0.354 e. The fourth-order valence-electron chi connectivity index (χ4n) is 2.09. The highest BCUT2D eigenvalue weighted by Crippen LogP contribution is 2.25. The molecule has 2 heterocycles. The van der Waals surface area contributed by atoms with Crippen LogP contribution in [0.25, 0.3) is 0 Å². The Morgan fingerprint density at radius 3 is 2.44 bits per heavy atom. The Bertz CT molecular complexity index is 588. The summed E-state index contributed by atoms with van der Waals surface area (Å²) in [6.45, 7) is 1.44. The van der Waals surface area contributed by atoms with Gasteiger partial charge in [0, 0.05) is 19.3 Å². The number of aromatic carboxylic acids is 1. The lowest BCUT2D eigenvalue weighted by molar-refractivity contribution is 0.0690. The van der Waals surface area contributed by atoms with Crippen molar-refractivity contribution >= 4 is 11.9 Å². The van der Waals surface area contributed by atoms with Gasteiger partial charge in [0.05, 0.1) is 0 Å². The van der Waals surface area contributed by atoms with E-state index in [0.717, 1.165) is 13.1 Å². The Labute approximate surface area is 104 Å². The first-order valence-electron chi connectivity index (χ1n) is 5.62. The lowest BCUT2D eigenvalue weighted by Crippen LogP contribution is -2.18. The Morgan fingerprint density at radius 2 is 1.83 bits per heavy atom. The van der Waals surface area contributed by atoms with E-state index in [1.54, 1.807) is 0 Å². The molecule has 1 N–H and O–H groups in total. The molecular weight excluding hydrogens is 230 g/mol. The molecular formula is C13H11N3O2. The predicted octanol–water partition coefficient (Wildman–Crippen LogP) is 1.70. The van der Waals surface area contributed by atoms with Gasteiger partial charge in [-0.05, 0) is 17.2 Å². The van der Waals surface area contributed by atoms with Gasteiger partial charge in [-0.3, -0.25) is 0 Å². The first-order valence-corrected chi connectivity index (χ1v) is 5.62. The minimum atomic E-state index is -1.03. The fraction of sp³-hybridized carbons (Fsp3) is 0.154. The van der Waals surface area contributed by atoms with Crippen LogP contribution in [0.4, 0.5) is 5.95 Å². The Balaban J connectivity index is 1.90. The van der Waals surface area contributed by atoms with E-state index in [2.05, 4.69) is 22.1 Å². The van der Waals surface area contributed by atoms with E-state index < -0.39 is 5.97 Å². The summed E-state index contributed by atoms with van der Waals surface area (Å²) in [6, 6.07) is 9.52. The highest BCUT2D eigenvalue weighted by Gasteiger charge is 2.21. The van der Waals surface area contributed by atoms with E-state index >= 15 is 0 Å². The highest BCUT2D eigenvalue weighted by atomic mass is 16.4. The molecule has 0 atom stereocenters. The van der Waals surface area contributed by atoms with Gasteiger partial charge in [-0.15, -0.1) is 0 Å². The second kappa shape index (κ2) is 4.10. The molecule has 3 rings (SSSR count). The second-order valence-electron chi connectivity index (χ2n) is 4.17. The standard InChI is InChI=1S/C13H11N3O2/c17-12(18)11-5-6-14-13(15-11)16-7-9-3-1-2-4-10(9)8-16/h1-6H,7-8H2,(H,17,18). The summed E-state index contributed by atoms with van der Waals surface area (Å²) in [4.78, 5) is 21.0. The molecule has 0 fully saturated rings. The van der Waals surface area contributed by atoms with Crippen molar-refractivity contribution < 1.29 is 9.90 Å². The number of hydrogen-bond acceptors (Lipinski definition) is 4. The van der Waals surface area contributed by atoms with Crippen LogP contribution in [-0.4, -0.2) is 21.0 Å². The monoisotopic (exact) mass is 241 g/mol. The van der Waals surface area contributed by atoms with E-state index in [0.29, 0.717) is 5.95 Å². The molecule has 0 amide bonds. The van der Waals surface area contributed by atoms with Crippen molar-refractivity contribution in [1.29, 1.82) is 0 Å². The maximum Gasteiger partial charge on any atom is 0.354 e. The first kappa shape index (κ1) is 10.7. The van der Waals surface area contributed by atoms with Crippen molar-refractivity contribution in [3.8, 4) is 0 Å². The highest BCUT2D eigenvalue weighted by molar-refractivity contribution is 5.85. The number of carboxylic acids is 1. The van der Waals surface area contributed by atoms with Crippen molar-refractivity contribution in [2.45, 2.75) is 13.1 Å². The maximum absolute atomic E-state index is 10.9. The van der Waals surface area contributed by atoms with Crippen molar-refractivity contribution in [3.63, 3.8) is 0 Å². The molecule has 0 unspecified atom stereocenters. The molecule has 0 saturated heterocycles. The van der Waals surface area contributed by atoms with Crippen LogP contribution >= 0.6 is 0 Å². The van der Waals surface area contributed by atoms with E-state index in [1.165, 1.54) is 23.4 Å². The first-order chi connectivity index (χ1) is 8.74. The Morgan fingerprint density at radius 1 is 1.17 bits per heavy atom. The SMILES string of the molecule is O=C(O)c1ccnc(N2Cc3ccccc3C2)n1. The fourth-order valence-corrected chi connectivity index (χ4v) is 2.09. The van der Waals surface area contributed by atoms with Gasteiger partial charge in [0.2, 0.25) is 5.95 Å². The molecule has 0 bridgehead atoms. The zero-order valence-corrected chi connectivity index (χ0v) is 9.58. The van der Waals surface area contributed by atoms with Gasteiger partial charge >= 0.3 is 5.97 Å². The van der Waals surface area contributed by atoms with Crippen LogP contribution in [0.5, 0.6) is 0 Å². The quantitative estimate of drug-likeness (QED) is 0.866. The van der Waals surface area contributed by atoms with Crippen LogP contribution in [0.15, 0.2) is 36.5 Å². The lowest BCUT2D eigenvalue weighted by atomic mass is 10.1. The largest absolute Gasteiger partial charge is 0.477 e. The van der Waals surface area contributed by atoms with Crippen LogP contribution < -0.4 is 4.90 Å². The van der Waals surface area contributed by atoms with Gasteiger partial charge in [-0.1, -0.05) is 24.3 Å². The maximum atomic E-state index is 10.9. The van der Waals surface area contributed by atoms with Gasteiger partial charge in [0.15, 0.2) is 5.69 Å². The molecule has 2 aromatic rings. The van der Waals surface area contributed by atoms with E-state index in [4.69, 9.17) is 5.11 Å². The lowest BCUT2D eigenvalue weighted by Gasteiger charge is -2.14. The van der Waals surface area contributed by atoms with Crippen molar-refractivity contribution in [1.82, 2.24) is 9.97 Å². The molecule has 1 aromatic carbocycles. The Hall–Kier alpha value is -2.43. The van der Waals surface area contributed by atoms with Crippen LogP contribution in [0, 0.1) is 0 Å². The van der Waals surface area contributed by atoms with E-state index in [1.807, 2.05) is 17.0 Å². The molecule has 18 heavy (non-hydrogen) atoms. The number of nitrogens with zero attached hydrogens (tertiary/aromatic N) is 3. The molecule has 1 aliphatic rings. The van der Waals surface area contributed by atoms with Crippen LogP contribution in [0.1, 0.15) is 21.6 Å². The van der Waals surface area contributed by atoms with Crippen LogP contribution in [-0.2, 0) is 13.1 Å². The van der Waals surface area contributed by atoms with Gasteiger partial charge < -0.3 is 10.0 Å². The molecule has 1 aromatic heterocycles. The average molecular weight is 241 g/mol. The molecule has 1 aliphatic heterocycles. The minimum Gasteiger partial charge on any atom is -0.477 e. The number of carboxylic acid groups (broad SMARTS) is 1. The average Bonchev–Trinajstić information content (AvgIpc) is 2.82. The summed E-state index contributed by atoms with van der Waals surface area (Å²) in [5.41, 5.74) is 2.50. The molecule has 5 nitrogen and oxygen atoms in total. The number of benzene rings is 1. The summed E-state index contributed by atoms with van der Waals surface area (Å²) in [7, 11) is 0. The third kappa shape index (κ3) is 1.79. The second-order valence-corrected chi connectivity index (χ2v) is 4.17. The zero-order chi connectivity index (χ0) is 12.5. The summed E-state index contributed by atoms with van der Waals surface area (Å²) in [5.74, 6) is -0.568. The van der Waals surface area contributed by atoms with Gasteiger partial charge in [-0.25, -0.2) is 14.8 Å². The molecule has 90 valence electrons. The summed E-state index contributed by atoms with van der Waals surface area (Å²) >= 11 is 0. The predicted molar refractivity (Wildman–Crippen MR) is 65.3 cm³/mol. The number of anilines is 1. The number of fused-ring (bicyclic) bond motifs is 1. The number of hydrogen-bond donors (Lipinski definition) is 1. The summed E-state index contributed by atoms with van der Waals surface area (Å²) in [5, 5.41) is 8.92. The number of rotatable bonds is 2. The van der Waals surface area contributed by atoms with E-state index in [-0.39, 0.29) is 5.69 Å². The Kier molecular flexibility index (Phi) is 2.44. The molecule has 0 spiro atoms. The van der Waals surface area contributed by atoms with Crippen molar-refractivity contribution in [2.75, 3.05) is 4.90 Å². The molecule has 5 heteroatoms. The summed E-state index contributed by atoms with van der Waals surface area (Å²) < 4.78 is 0. The van der Waals surface area contributed by atoms with Crippen molar-refractivity contribution in [2.24, 2.45) is 0 Å². The number of carbonyl (C=O) groups is 1. The molecule has 0 aliphatic carbocycles. The van der Waals surface area contributed by atoms with Crippen molar-refractivity contribution in [3.05, 3.63) is 53.3 Å². The van der Waals surface area contributed by atoms with E-state index in [9.17, 15) is 4.79 Å². The third-order valence-corrected chi connectivity index (χ3v) is 2.99. The minimum absolute atomic E-state index is 0.0240. The topological polar surface area (TPSA) is 66.3 Å². The molecule has 0 radical (unpaired) electrons. The third-order valence-electron chi connectivity index (χ3n) is 2.99. The summed E-state index contributed by atoms with van der Waals surface area (Å²) in [6.07, 6.45) is 1.48. The molecule has 0 saturated carbocycles. The normalized spacial score (nSPS) is 13.4. The zero-order valence-electron chi connectivity index (χ0n) is 9.58.